The molecule has 2 aromatic heterocycles. The van der Waals surface area contributed by atoms with Crippen LogP contribution in [0.25, 0.3) is 0 Å². The Labute approximate surface area is 107 Å². The molecule has 2 rings (SSSR count). The van der Waals surface area contributed by atoms with E-state index in [4.69, 9.17) is 10.8 Å². The van der Waals surface area contributed by atoms with Crippen molar-refractivity contribution in [3.63, 3.8) is 0 Å². The normalized spacial score (nSPS) is 10.4. The molecule has 94 valence electrons. The van der Waals surface area contributed by atoms with Gasteiger partial charge >= 0.3 is 5.97 Å². The van der Waals surface area contributed by atoms with Gasteiger partial charge in [0, 0.05) is 12.4 Å². The minimum Gasteiger partial charge on any atom is -0.481 e. The monoisotopic (exact) mass is 265 g/mol. The van der Waals surface area contributed by atoms with Crippen LogP contribution in [-0.2, 0) is 11.3 Å². The zero-order valence-corrected chi connectivity index (χ0v) is 10.2. The predicted molar refractivity (Wildman–Crippen MR) is 66.1 cm³/mol. The van der Waals surface area contributed by atoms with Crippen molar-refractivity contribution >= 4 is 23.7 Å². The molecule has 0 saturated carbocycles. The molecule has 0 aliphatic carbocycles. The Kier molecular flexibility index (Phi) is 3.78. The van der Waals surface area contributed by atoms with Crippen molar-refractivity contribution in [1.82, 2.24) is 19.7 Å². The zero-order chi connectivity index (χ0) is 13.0. The third-order valence-electron chi connectivity index (χ3n) is 2.13. The molecule has 0 unspecified atom stereocenters. The van der Waals surface area contributed by atoms with Gasteiger partial charge in [0.25, 0.3) is 0 Å². The van der Waals surface area contributed by atoms with E-state index in [1.165, 1.54) is 0 Å². The van der Waals surface area contributed by atoms with Crippen molar-refractivity contribution in [3.05, 3.63) is 30.1 Å². The molecular formula is C10H11N5O2S. The fraction of sp³-hybridized carbons (Fsp3) is 0.200. The molecule has 0 fully saturated rings. The lowest BCUT2D eigenvalue weighted by Gasteiger charge is -2.06. The maximum Gasteiger partial charge on any atom is 0.313 e. The minimum atomic E-state index is -0.908. The number of nitrogens with zero attached hydrogens (tertiary/aromatic N) is 4. The molecule has 0 saturated heterocycles. The summed E-state index contributed by atoms with van der Waals surface area (Å²) >= 11 is 1.08. The van der Waals surface area contributed by atoms with Crippen molar-refractivity contribution < 1.29 is 9.90 Å². The molecule has 0 bridgehead atoms. The number of aromatic nitrogens is 4. The number of nitrogens with two attached hydrogens (primary N) is 1. The Morgan fingerprint density at radius 3 is 3.00 bits per heavy atom. The van der Waals surface area contributed by atoms with Gasteiger partial charge in [-0.05, 0) is 11.6 Å². The predicted octanol–water partition coefficient (Wildman–Crippen LogP) is 0.480. The van der Waals surface area contributed by atoms with Crippen LogP contribution in [0.1, 0.15) is 5.56 Å². The van der Waals surface area contributed by atoms with Crippen LogP contribution in [0.15, 0.2) is 29.7 Å². The topological polar surface area (TPSA) is 107 Å². The number of thioether (sulfide) groups is 1. The highest BCUT2D eigenvalue weighted by atomic mass is 32.2. The van der Waals surface area contributed by atoms with E-state index in [9.17, 15) is 4.79 Å². The van der Waals surface area contributed by atoms with Crippen molar-refractivity contribution in [2.75, 3.05) is 11.5 Å². The maximum absolute atomic E-state index is 10.5. The summed E-state index contributed by atoms with van der Waals surface area (Å²) < 4.78 is 1.66. The molecule has 0 radical (unpaired) electrons. The van der Waals surface area contributed by atoms with Crippen LogP contribution >= 0.6 is 11.8 Å². The Bertz CT molecular complexity index is 542. The summed E-state index contributed by atoms with van der Waals surface area (Å²) in [7, 11) is 0. The molecule has 0 atom stereocenters. The molecule has 3 N–H and O–H groups in total. The lowest BCUT2D eigenvalue weighted by atomic mass is 10.3. The fourth-order valence-electron chi connectivity index (χ4n) is 1.36. The minimum absolute atomic E-state index is 0.0782. The van der Waals surface area contributed by atoms with Crippen molar-refractivity contribution in [1.29, 1.82) is 0 Å². The first kappa shape index (κ1) is 12.4. The van der Waals surface area contributed by atoms with Crippen LogP contribution < -0.4 is 5.73 Å². The number of carboxylic acid groups (broad SMARTS) is 1. The van der Waals surface area contributed by atoms with Gasteiger partial charge in [-0.1, -0.05) is 17.8 Å². The van der Waals surface area contributed by atoms with E-state index < -0.39 is 5.97 Å². The Hall–Kier alpha value is -2.09. The standard InChI is InChI=1S/C10H11N5O2S/c11-9-13-14-10(18-6-8(16)17)15(9)5-7-2-1-3-12-4-7/h1-4H,5-6H2,(H2,11,13)(H,16,17). The van der Waals surface area contributed by atoms with Gasteiger partial charge in [-0.25, -0.2) is 0 Å². The second-order valence-corrected chi connectivity index (χ2v) is 4.41. The molecule has 0 aromatic carbocycles. The molecule has 0 aliphatic heterocycles. The third-order valence-corrected chi connectivity index (χ3v) is 3.09. The van der Waals surface area contributed by atoms with Crippen LogP contribution in [0.2, 0.25) is 0 Å². The van der Waals surface area contributed by atoms with Gasteiger partial charge in [-0.3, -0.25) is 14.3 Å². The molecule has 7 nitrogen and oxygen atoms in total. The van der Waals surface area contributed by atoms with Crippen LogP contribution in [0, 0.1) is 0 Å². The van der Waals surface area contributed by atoms with Crippen molar-refractivity contribution in [2.45, 2.75) is 11.7 Å². The number of anilines is 1. The van der Waals surface area contributed by atoms with Crippen molar-refractivity contribution in [2.24, 2.45) is 0 Å². The number of pyridine rings is 1. The Morgan fingerprint density at radius 1 is 1.50 bits per heavy atom. The second kappa shape index (κ2) is 5.50. The number of carboxylic acids is 1. The zero-order valence-electron chi connectivity index (χ0n) is 9.35. The summed E-state index contributed by atoms with van der Waals surface area (Å²) in [6.07, 6.45) is 3.39. The van der Waals surface area contributed by atoms with Gasteiger partial charge in [0.15, 0.2) is 5.16 Å². The molecule has 0 amide bonds. The number of hydrogen-bond acceptors (Lipinski definition) is 6. The number of nitrogen functional groups attached to an aromatic ring is 1. The quantitative estimate of drug-likeness (QED) is 0.757. The largest absolute Gasteiger partial charge is 0.481 e. The summed E-state index contributed by atoms with van der Waals surface area (Å²) in [5.41, 5.74) is 6.65. The lowest BCUT2D eigenvalue weighted by Crippen LogP contribution is -2.07. The van der Waals surface area contributed by atoms with Gasteiger partial charge in [-0.15, -0.1) is 10.2 Å². The van der Waals surface area contributed by atoms with Gasteiger partial charge in [-0.2, -0.15) is 0 Å². The van der Waals surface area contributed by atoms with Crippen LogP contribution in [0.4, 0.5) is 5.95 Å². The van der Waals surface area contributed by atoms with E-state index in [0.717, 1.165) is 17.3 Å². The summed E-state index contributed by atoms with van der Waals surface area (Å²) in [6, 6.07) is 3.72. The third kappa shape index (κ3) is 2.98. The smallest absolute Gasteiger partial charge is 0.313 e. The number of rotatable bonds is 5. The first-order valence-corrected chi connectivity index (χ1v) is 6.07. The number of carbonyl (C=O) groups is 1. The van der Waals surface area contributed by atoms with E-state index in [1.807, 2.05) is 12.1 Å². The molecule has 0 aliphatic rings. The Balaban J connectivity index is 2.16. The molecular weight excluding hydrogens is 254 g/mol. The van der Waals surface area contributed by atoms with Gasteiger partial charge in [0.05, 0.1) is 12.3 Å². The SMILES string of the molecule is Nc1nnc(SCC(=O)O)n1Cc1cccnc1. The van der Waals surface area contributed by atoms with Crippen LogP contribution in [0.5, 0.6) is 0 Å². The average Bonchev–Trinajstić information content (AvgIpc) is 2.70. The van der Waals surface area contributed by atoms with Crippen LogP contribution in [0.3, 0.4) is 0 Å². The van der Waals surface area contributed by atoms with E-state index in [0.29, 0.717) is 11.7 Å². The second-order valence-electron chi connectivity index (χ2n) is 3.47. The van der Waals surface area contributed by atoms with E-state index in [2.05, 4.69) is 15.2 Å². The fourth-order valence-corrected chi connectivity index (χ4v) is 2.02. The summed E-state index contributed by atoms with van der Waals surface area (Å²) in [6.45, 7) is 0.467. The number of hydrogen-bond donors (Lipinski definition) is 2. The molecule has 0 spiro atoms. The first-order valence-electron chi connectivity index (χ1n) is 5.09. The van der Waals surface area contributed by atoms with E-state index in [-0.39, 0.29) is 11.7 Å². The van der Waals surface area contributed by atoms with Gasteiger partial charge in [0.2, 0.25) is 5.95 Å². The lowest BCUT2D eigenvalue weighted by molar-refractivity contribution is -0.133. The maximum atomic E-state index is 10.5. The molecule has 8 heteroatoms. The highest BCUT2D eigenvalue weighted by Crippen LogP contribution is 2.19. The highest BCUT2D eigenvalue weighted by Gasteiger charge is 2.12. The number of aliphatic carboxylic acids is 1. The first-order chi connectivity index (χ1) is 8.66. The summed E-state index contributed by atoms with van der Waals surface area (Å²) in [5.74, 6) is -0.730. The summed E-state index contributed by atoms with van der Waals surface area (Å²) in [4.78, 5) is 14.5. The van der Waals surface area contributed by atoms with Gasteiger partial charge < -0.3 is 10.8 Å². The van der Waals surface area contributed by atoms with Crippen molar-refractivity contribution in [3.8, 4) is 0 Å². The average molecular weight is 265 g/mol. The Morgan fingerprint density at radius 2 is 2.33 bits per heavy atom. The molecule has 2 heterocycles. The van der Waals surface area contributed by atoms with Gasteiger partial charge in [0.1, 0.15) is 0 Å². The molecule has 2 aromatic rings. The van der Waals surface area contributed by atoms with E-state index >= 15 is 0 Å². The van der Waals surface area contributed by atoms with Crippen LogP contribution in [-0.4, -0.2) is 36.6 Å². The van der Waals surface area contributed by atoms with E-state index in [1.54, 1.807) is 17.0 Å². The molecule has 18 heavy (non-hydrogen) atoms. The summed E-state index contributed by atoms with van der Waals surface area (Å²) in [5, 5.41) is 16.7. The highest BCUT2D eigenvalue weighted by molar-refractivity contribution is 7.99.